The number of aromatic nitrogens is 1. The summed E-state index contributed by atoms with van der Waals surface area (Å²) in [7, 11) is 0. The van der Waals surface area contributed by atoms with Gasteiger partial charge in [-0.25, -0.2) is 9.24 Å². The van der Waals surface area contributed by atoms with Gasteiger partial charge in [0.15, 0.2) is 5.69 Å². The summed E-state index contributed by atoms with van der Waals surface area (Å²) in [6.45, 7) is 11.6. The van der Waals surface area contributed by atoms with Crippen molar-refractivity contribution in [1.29, 1.82) is 0 Å². The minimum Gasteiger partial charge on any atom is -0.316 e. The SMILES string of the molecule is [C-]#[N+]c1ccc2c(c1)c(-c1cccc(C)c1C)cn2-c1ccc(F)cc1. The molecule has 2 nitrogen and oxygen atoms in total. The van der Waals surface area contributed by atoms with Crippen molar-refractivity contribution in [2.45, 2.75) is 13.8 Å². The summed E-state index contributed by atoms with van der Waals surface area (Å²) in [5, 5.41) is 1.02. The molecule has 126 valence electrons. The minimum absolute atomic E-state index is 0.254. The normalized spacial score (nSPS) is 10.8. The van der Waals surface area contributed by atoms with Crippen molar-refractivity contribution in [3.63, 3.8) is 0 Å². The summed E-state index contributed by atoms with van der Waals surface area (Å²) in [6, 6.07) is 18.4. The van der Waals surface area contributed by atoms with Crippen molar-refractivity contribution in [2.24, 2.45) is 0 Å². The van der Waals surface area contributed by atoms with Gasteiger partial charge in [0.05, 0.1) is 12.1 Å². The smallest absolute Gasteiger partial charge is 0.188 e. The van der Waals surface area contributed by atoms with E-state index in [9.17, 15) is 4.39 Å². The molecule has 0 saturated heterocycles. The van der Waals surface area contributed by atoms with Crippen LogP contribution in [0.2, 0.25) is 0 Å². The van der Waals surface area contributed by atoms with Crippen LogP contribution >= 0.6 is 0 Å². The molecule has 0 bridgehead atoms. The fourth-order valence-electron chi connectivity index (χ4n) is 3.36. The number of halogens is 1. The van der Waals surface area contributed by atoms with Gasteiger partial charge in [-0.1, -0.05) is 24.3 Å². The zero-order valence-corrected chi connectivity index (χ0v) is 14.6. The van der Waals surface area contributed by atoms with Crippen molar-refractivity contribution in [1.82, 2.24) is 4.57 Å². The van der Waals surface area contributed by atoms with E-state index in [0.717, 1.165) is 27.7 Å². The molecule has 0 aliphatic heterocycles. The predicted molar refractivity (Wildman–Crippen MR) is 104 cm³/mol. The highest BCUT2D eigenvalue weighted by molar-refractivity contribution is 5.99. The van der Waals surface area contributed by atoms with E-state index in [-0.39, 0.29) is 5.82 Å². The molecule has 4 rings (SSSR count). The van der Waals surface area contributed by atoms with Gasteiger partial charge in [-0.05, 0) is 72.3 Å². The van der Waals surface area contributed by atoms with Gasteiger partial charge in [-0.3, -0.25) is 0 Å². The number of aryl methyl sites for hydroxylation is 1. The number of hydrogen-bond donors (Lipinski definition) is 0. The topological polar surface area (TPSA) is 9.29 Å². The molecule has 0 N–H and O–H groups in total. The molecule has 1 aromatic heterocycles. The van der Waals surface area contributed by atoms with Gasteiger partial charge >= 0.3 is 0 Å². The fourth-order valence-corrected chi connectivity index (χ4v) is 3.36. The Bertz CT molecular complexity index is 1160. The maximum absolute atomic E-state index is 13.3. The Morgan fingerprint density at radius 2 is 1.69 bits per heavy atom. The van der Waals surface area contributed by atoms with E-state index in [4.69, 9.17) is 6.57 Å². The van der Waals surface area contributed by atoms with E-state index >= 15 is 0 Å². The summed E-state index contributed by atoms with van der Waals surface area (Å²) < 4.78 is 15.4. The van der Waals surface area contributed by atoms with Crippen LogP contribution in [-0.2, 0) is 0 Å². The van der Waals surface area contributed by atoms with Crippen LogP contribution in [0, 0.1) is 26.2 Å². The van der Waals surface area contributed by atoms with Crippen molar-refractivity contribution < 1.29 is 4.39 Å². The van der Waals surface area contributed by atoms with Crippen molar-refractivity contribution >= 4 is 16.6 Å². The number of benzene rings is 3. The number of rotatable bonds is 2. The molecule has 0 fully saturated rings. The third kappa shape index (κ3) is 2.57. The summed E-state index contributed by atoms with van der Waals surface area (Å²) in [4.78, 5) is 3.58. The highest BCUT2D eigenvalue weighted by atomic mass is 19.1. The second-order valence-corrected chi connectivity index (χ2v) is 6.45. The van der Waals surface area contributed by atoms with Gasteiger partial charge < -0.3 is 4.57 Å². The monoisotopic (exact) mass is 340 g/mol. The summed E-state index contributed by atoms with van der Waals surface area (Å²) >= 11 is 0. The third-order valence-electron chi connectivity index (χ3n) is 4.92. The van der Waals surface area contributed by atoms with Crippen LogP contribution in [0.15, 0.2) is 66.9 Å². The minimum atomic E-state index is -0.254. The van der Waals surface area contributed by atoms with E-state index in [0.29, 0.717) is 5.69 Å². The van der Waals surface area contributed by atoms with E-state index in [1.807, 2.05) is 18.2 Å². The molecule has 0 amide bonds. The van der Waals surface area contributed by atoms with Gasteiger partial charge in [0.2, 0.25) is 0 Å². The quantitative estimate of drug-likeness (QED) is 0.363. The van der Waals surface area contributed by atoms with Crippen LogP contribution in [0.3, 0.4) is 0 Å². The number of nitrogens with zero attached hydrogens (tertiary/aromatic N) is 2. The second-order valence-electron chi connectivity index (χ2n) is 6.45. The first-order valence-corrected chi connectivity index (χ1v) is 8.43. The third-order valence-corrected chi connectivity index (χ3v) is 4.92. The standard InChI is InChI=1S/C23H17FN2/c1-15-5-4-6-20(16(15)2)22-14-26(19-10-7-17(24)8-11-19)23-12-9-18(25-3)13-21(22)23/h4-14H,1-2H3. The molecule has 3 heteroatoms. The van der Waals surface area contributed by atoms with Crippen LogP contribution in [-0.4, -0.2) is 4.57 Å². The molecule has 26 heavy (non-hydrogen) atoms. The Labute approximate surface area is 152 Å². The van der Waals surface area contributed by atoms with Crippen LogP contribution in [0.1, 0.15) is 11.1 Å². The largest absolute Gasteiger partial charge is 0.316 e. The average Bonchev–Trinajstić information content (AvgIpc) is 3.03. The fraction of sp³-hybridized carbons (Fsp3) is 0.0870. The molecule has 0 spiro atoms. The Morgan fingerprint density at radius 3 is 2.42 bits per heavy atom. The Balaban J connectivity index is 2.05. The van der Waals surface area contributed by atoms with Crippen LogP contribution in [0.5, 0.6) is 0 Å². The maximum atomic E-state index is 13.3. The molecule has 0 atom stereocenters. The number of hydrogen-bond acceptors (Lipinski definition) is 0. The van der Waals surface area contributed by atoms with Crippen molar-refractivity contribution in [3.8, 4) is 16.8 Å². The lowest BCUT2D eigenvalue weighted by atomic mass is 9.97. The van der Waals surface area contributed by atoms with Crippen molar-refractivity contribution in [3.05, 3.63) is 95.2 Å². The van der Waals surface area contributed by atoms with Gasteiger partial charge in [0.25, 0.3) is 0 Å². The average molecular weight is 340 g/mol. The summed E-state index contributed by atoms with van der Waals surface area (Å²) in [5.41, 5.74) is 7.18. The lowest BCUT2D eigenvalue weighted by Crippen LogP contribution is -1.91. The molecule has 0 aliphatic carbocycles. The molecule has 0 aliphatic rings. The van der Waals surface area contributed by atoms with E-state index in [1.54, 1.807) is 12.1 Å². The molecule has 1 heterocycles. The van der Waals surface area contributed by atoms with Crippen LogP contribution in [0.4, 0.5) is 10.1 Å². The first-order chi connectivity index (χ1) is 12.6. The summed E-state index contributed by atoms with van der Waals surface area (Å²) in [6.07, 6.45) is 2.08. The highest BCUT2D eigenvalue weighted by Gasteiger charge is 2.14. The first kappa shape index (κ1) is 16.1. The lowest BCUT2D eigenvalue weighted by Gasteiger charge is -2.07. The van der Waals surface area contributed by atoms with Gasteiger partial charge in [-0.15, -0.1) is 0 Å². The molecular weight excluding hydrogens is 323 g/mol. The van der Waals surface area contributed by atoms with Gasteiger partial charge in [0, 0.05) is 17.4 Å². The molecule has 3 aromatic carbocycles. The zero-order chi connectivity index (χ0) is 18.3. The van der Waals surface area contributed by atoms with E-state index in [2.05, 4.69) is 47.7 Å². The van der Waals surface area contributed by atoms with Gasteiger partial charge in [-0.2, -0.15) is 0 Å². The molecule has 0 saturated carbocycles. The second kappa shape index (κ2) is 6.16. The van der Waals surface area contributed by atoms with E-state index in [1.165, 1.54) is 23.3 Å². The van der Waals surface area contributed by atoms with Crippen LogP contribution < -0.4 is 0 Å². The van der Waals surface area contributed by atoms with Crippen LogP contribution in [0.25, 0.3) is 32.6 Å². The zero-order valence-electron chi connectivity index (χ0n) is 14.6. The van der Waals surface area contributed by atoms with Gasteiger partial charge in [0.1, 0.15) is 5.82 Å². The Hall–Kier alpha value is -3.38. The van der Waals surface area contributed by atoms with Crippen molar-refractivity contribution in [2.75, 3.05) is 0 Å². The highest BCUT2D eigenvalue weighted by Crippen LogP contribution is 2.37. The molecule has 0 unspecified atom stereocenters. The Kier molecular flexibility index (Phi) is 3.82. The summed E-state index contributed by atoms with van der Waals surface area (Å²) in [5.74, 6) is -0.254. The number of fused-ring (bicyclic) bond motifs is 1. The lowest BCUT2D eigenvalue weighted by molar-refractivity contribution is 0.627. The predicted octanol–water partition coefficient (Wildman–Crippen LogP) is 6.60. The first-order valence-electron chi connectivity index (χ1n) is 8.43. The Morgan fingerprint density at radius 1 is 0.923 bits per heavy atom. The maximum Gasteiger partial charge on any atom is 0.188 e. The molecule has 0 radical (unpaired) electrons. The molecule has 4 aromatic rings. The molecular formula is C23H17FN2. The van der Waals surface area contributed by atoms with E-state index < -0.39 is 0 Å².